The van der Waals surface area contributed by atoms with E-state index in [4.69, 9.17) is 10.2 Å². The van der Waals surface area contributed by atoms with Gasteiger partial charge < -0.3 is 15.5 Å². The molecule has 72 valence electrons. The third-order valence-corrected chi connectivity index (χ3v) is 1.00. The molecule has 0 saturated carbocycles. The predicted octanol–water partition coefficient (Wildman–Crippen LogP) is -0.330. The zero-order valence-corrected chi connectivity index (χ0v) is 7.25. The molecule has 0 spiro atoms. The van der Waals surface area contributed by atoms with E-state index in [0.29, 0.717) is 0 Å². The van der Waals surface area contributed by atoms with Crippen LogP contribution in [0.15, 0.2) is 13.2 Å². The van der Waals surface area contributed by atoms with Gasteiger partial charge in [0.2, 0.25) is 5.91 Å². The number of hydrogen-bond donors (Lipinski definition) is 3. The summed E-state index contributed by atoms with van der Waals surface area (Å²) in [6.45, 7) is 6.64. The summed E-state index contributed by atoms with van der Waals surface area (Å²) in [6, 6.07) is 0. The quantitative estimate of drug-likeness (QED) is 0.478. The molecule has 0 aliphatic carbocycles. The fourth-order valence-corrected chi connectivity index (χ4v) is 0.565. The predicted molar refractivity (Wildman–Crippen MR) is 47.7 cm³/mol. The monoisotopic (exact) mass is 175 g/mol. The number of rotatable bonds is 1. The lowest BCUT2D eigenvalue weighted by molar-refractivity contribution is -0.119. The summed E-state index contributed by atoms with van der Waals surface area (Å²) in [5.74, 6) is 0.204. The van der Waals surface area contributed by atoms with Gasteiger partial charge in [-0.15, -0.1) is 13.2 Å². The van der Waals surface area contributed by atoms with Crippen molar-refractivity contribution in [3.8, 4) is 0 Å². The third kappa shape index (κ3) is 11.9. The maximum absolute atomic E-state index is 10.1. The van der Waals surface area contributed by atoms with Crippen LogP contribution in [0.1, 0.15) is 12.8 Å². The fraction of sp³-hybridized carbons (Fsp3) is 0.625. The van der Waals surface area contributed by atoms with Crippen molar-refractivity contribution in [3.63, 3.8) is 0 Å². The minimum atomic E-state index is -0.125. The Hall–Kier alpha value is -0.870. The zero-order valence-electron chi connectivity index (χ0n) is 7.25. The summed E-state index contributed by atoms with van der Waals surface area (Å²) < 4.78 is 0. The van der Waals surface area contributed by atoms with E-state index in [0.717, 1.165) is 19.4 Å². The van der Waals surface area contributed by atoms with Crippen LogP contribution in [0.4, 0.5) is 0 Å². The molecule has 0 atom stereocenters. The molecular formula is C8H17NO3. The molecule has 0 radical (unpaired) electrons. The zero-order chi connectivity index (χ0) is 9.82. The number of hydrogen-bond acceptors (Lipinski definition) is 3. The topological polar surface area (TPSA) is 69.6 Å². The highest BCUT2D eigenvalue weighted by molar-refractivity contribution is 5.77. The van der Waals surface area contributed by atoms with Gasteiger partial charge >= 0.3 is 0 Å². The van der Waals surface area contributed by atoms with Crippen LogP contribution >= 0.6 is 0 Å². The summed E-state index contributed by atoms with van der Waals surface area (Å²) in [6.07, 6.45) is 1.76. The minimum Gasteiger partial charge on any atom is -0.394 e. The molecule has 1 heterocycles. The van der Waals surface area contributed by atoms with Crippen LogP contribution in [0.5, 0.6) is 0 Å². The molecule has 3 N–H and O–H groups in total. The summed E-state index contributed by atoms with van der Waals surface area (Å²) in [7, 11) is 0. The number of carbonyl (C=O) groups excluding carboxylic acids is 1. The molecule has 1 aliphatic heterocycles. The number of aliphatic hydroxyl groups is 2. The van der Waals surface area contributed by atoms with E-state index in [1.54, 1.807) is 0 Å². The van der Waals surface area contributed by atoms with Gasteiger partial charge in [-0.25, -0.2) is 0 Å². The Labute approximate surface area is 72.9 Å². The average Bonchev–Trinajstić information content (AvgIpc) is 2.60. The van der Waals surface area contributed by atoms with Gasteiger partial charge in [-0.05, 0) is 6.42 Å². The highest BCUT2D eigenvalue weighted by atomic mass is 16.3. The molecular weight excluding hydrogens is 158 g/mol. The SMILES string of the molecule is C=C.O=C1CCCN1.OCCO. The van der Waals surface area contributed by atoms with Crippen LogP contribution < -0.4 is 5.32 Å². The highest BCUT2D eigenvalue weighted by Gasteiger charge is 2.05. The molecule has 1 aliphatic rings. The normalized spacial score (nSPS) is 13.3. The summed E-state index contributed by atoms with van der Waals surface area (Å²) >= 11 is 0. The Bertz CT molecular complexity index is 96.5. The first kappa shape index (κ1) is 13.7. The number of nitrogens with one attached hydrogen (secondary N) is 1. The molecule has 0 bridgehead atoms. The van der Waals surface area contributed by atoms with Gasteiger partial charge in [0.25, 0.3) is 0 Å². The van der Waals surface area contributed by atoms with Gasteiger partial charge in [0.05, 0.1) is 13.2 Å². The van der Waals surface area contributed by atoms with Gasteiger partial charge in [0.1, 0.15) is 0 Å². The smallest absolute Gasteiger partial charge is 0.220 e. The second kappa shape index (κ2) is 12.8. The minimum absolute atomic E-state index is 0.125. The molecule has 1 amide bonds. The van der Waals surface area contributed by atoms with Crippen LogP contribution in [0.25, 0.3) is 0 Å². The van der Waals surface area contributed by atoms with Gasteiger partial charge in [-0.1, -0.05) is 0 Å². The van der Waals surface area contributed by atoms with E-state index in [2.05, 4.69) is 18.5 Å². The van der Waals surface area contributed by atoms with Gasteiger partial charge in [0, 0.05) is 13.0 Å². The van der Waals surface area contributed by atoms with E-state index < -0.39 is 0 Å². The maximum Gasteiger partial charge on any atom is 0.220 e. The number of carbonyl (C=O) groups is 1. The van der Waals surface area contributed by atoms with Crippen molar-refractivity contribution in [2.24, 2.45) is 0 Å². The first-order chi connectivity index (χ1) is 5.81. The third-order valence-electron chi connectivity index (χ3n) is 1.00. The first-order valence-electron chi connectivity index (χ1n) is 3.79. The van der Waals surface area contributed by atoms with E-state index in [1.165, 1.54) is 0 Å². The molecule has 0 aromatic heterocycles. The number of amides is 1. The van der Waals surface area contributed by atoms with Crippen molar-refractivity contribution >= 4 is 5.91 Å². The van der Waals surface area contributed by atoms with Crippen molar-refractivity contribution in [1.29, 1.82) is 0 Å². The Kier molecular flexibility index (Phi) is 14.6. The Morgan fingerprint density at radius 2 is 1.83 bits per heavy atom. The second-order valence-corrected chi connectivity index (χ2v) is 1.90. The molecule has 0 aromatic rings. The number of aliphatic hydroxyl groups excluding tert-OH is 2. The lowest BCUT2D eigenvalue weighted by Gasteiger charge is -1.80. The van der Waals surface area contributed by atoms with Crippen LogP contribution in [0, 0.1) is 0 Å². The molecule has 12 heavy (non-hydrogen) atoms. The second-order valence-electron chi connectivity index (χ2n) is 1.90. The van der Waals surface area contributed by atoms with E-state index in [-0.39, 0.29) is 19.1 Å². The lowest BCUT2D eigenvalue weighted by Crippen LogP contribution is -2.12. The molecule has 0 aromatic carbocycles. The maximum atomic E-state index is 10.1. The van der Waals surface area contributed by atoms with Crippen molar-refractivity contribution < 1.29 is 15.0 Å². The van der Waals surface area contributed by atoms with Crippen molar-refractivity contribution in [1.82, 2.24) is 5.32 Å². The van der Waals surface area contributed by atoms with Crippen molar-refractivity contribution in [2.45, 2.75) is 12.8 Å². The summed E-state index contributed by atoms with van der Waals surface area (Å²) in [5, 5.41) is 17.9. The van der Waals surface area contributed by atoms with Gasteiger partial charge in [0.15, 0.2) is 0 Å². The van der Waals surface area contributed by atoms with E-state index in [1.807, 2.05) is 0 Å². The average molecular weight is 175 g/mol. The lowest BCUT2D eigenvalue weighted by atomic mass is 10.4. The van der Waals surface area contributed by atoms with E-state index >= 15 is 0 Å². The summed E-state index contributed by atoms with van der Waals surface area (Å²) in [5.41, 5.74) is 0. The Balaban J connectivity index is 0. The Morgan fingerprint density at radius 1 is 1.33 bits per heavy atom. The molecule has 1 saturated heterocycles. The van der Waals surface area contributed by atoms with Crippen molar-refractivity contribution in [3.05, 3.63) is 13.2 Å². The molecule has 1 fully saturated rings. The summed E-state index contributed by atoms with van der Waals surface area (Å²) in [4.78, 5) is 10.1. The van der Waals surface area contributed by atoms with Crippen LogP contribution in [0.3, 0.4) is 0 Å². The highest BCUT2D eigenvalue weighted by Crippen LogP contribution is 1.93. The Morgan fingerprint density at radius 3 is 1.92 bits per heavy atom. The van der Waals surface area contributed by atoms with Gasteiger partial charge in [-0.2, -0.15) is 0 Å². The van der Waals surface area contributed by atoms with Crippen molar-refractivity contribution in [2.75, 3.05) is 19.8 Å². The largest absolute Gasteiger partial charge is 0.394 e. The molecule has 1 rings (SSSR count). The van der Waals surface area contributed by atoms with Crippen LogP contribution in [-0.2, 0) is 4.79 Å². The molecule has 0 unspecified atom stereocenters. The fourth-order valence-electron chi connectivity index (χ4n) is 0.565. The molecule has 4 heteroatoms. The van der Waals surface area contributed by atoms with E-state index in [9.17, 15) is 4.79 Å². The first-order valence-corrected chi connectivity index (χ1v) is 3.79. The van der Waals surface area contributed by atoms with Crippen LogP contribution in [0.2, 0.25) is 0 Å². The van der Waals surface area contributed by atoms with Crippen LogP contribution in [-0.4, -0.2) is 35.9 Å². The van der Waals surface area contributed by atoms with Gasteiger partial charge in [-0.3, -0.25) is 4.79 Å². The molecule has 4 nitrogen and oxygen atoms in total. The standard InChI is InChI=1S/C4H7NO.C2H6O2.C2H4/c6-4-2-1-3-5-4;3-1-2-4;1-2/h1-3H2,(H,5,6);3-4H,1-2H2;1-2H2.